The molecule has 18 heteroatoms. The van der Waals surface area contributed by atoms with Gasteiger partial charge in [-0.15, -0.1) is 0 Å². The maximum atomic E-state index is 15.1. The van der Waals surface area contributed by atoms with Crippen molar-refractivity contribution in [2.45, 2.75) is 171 Å². The molecule has 0 saturated heterocycles. The predicted molar refractivity (Wildman–Crippen MR) is 280 cm³/mol. The molecule has 1 aliphatic rings. The van der Waals surface area contributed by atoms with Crippen molar-refractivity contribution in [3.05, 3.63) is 93.0 Å². The number of carbonyl (C=O) groups excluding carboxylic acids is 6. The fourth-order valence-electron chi connectivity index (χ4n) is 7.95. The Bertz CT molecular complexity index is 2550. The van der Waals surface area contributed by atoms with Crippen LogP contribution in [0.2, 0.25) is 5.02 Å². The van der Waals surface area contributed by atoms with Crippen LogP contribution in [0.25, 0.3) is 10.9 Å². The number of ether oxygens (including phenoxy) is 3. The van der Waals surface area contributed by atoms with Gasteiger partial charge in [0.25, 0.3) is 0 Å². The Morgan fingerprint density at radius 2 is 1.42 bits per heavy atom. The summed E-state index contributed by atoms with van der Waals surface area (Å²) in [6.45, 7) is 16.7. The minimum Gasteiger partial charge on any atom is -0.460 e. The minimum atomic E-state index is -1.14. The number of hydrogen-bond donors (Lipinski definition) is 4. The van der Waals surface area contributed by atoms with Gasteiger partial charge in [-0.05, 0) is 145 Å². The molecule has 4 amide bonds. The normalized spacial score (nSPS) is 17.6. The van der Waals surface area contributed by atoms with Crippen molar-refractivity contribution in [3.63, 3.8) is 0 Å². The topological polar surface area (TPSA) is 186 Å². The van der Waals surface area contributed by atoms with E-state index >= 15 is 4.79 Å². The number of halogens is 2. The van der Waals surface area contributed by atoms with Gasteiger partial charge in [0, 0.05) is 65.4 Å². The Hall–Kier alpha value is -5.10. The van der Waals surface area contributed by atoms with Gasteiger partial charge in [-0.1, -0.05) is 72.2 Å². The summed E-state index contributed by atoms with van der Waals surface area (Å²) in [5, 5.41) is 13.5. The van der Waals surface area contributed by atoms with Crippen LogP contribution in [0.3, 0.4) is 0 Å². The molecule has 15 nitrogen and oxygen atoms in total. The lowest BCUT2D eigenvalue weighted by Crippen LogP contribution is -2.57. The first kappa shape index (κ1) is 56.8. The van der Waals surface area contributed by atoms with Crippen LogP contribution in [0, 0.1) is 0 Å². The summed E-state index contributed by atoms with van der Waals surface area (Å²) in [6, 6.07) is 15.7. The van der Waals surface area contributed by atoms with Crippen LogP contribution in [0.15, 0.2) is 81.1 Å². The van der Waals surface area contributed by atoms with E-state index in [1.165, 1.54) is 28.3 Å². The second-order valence-corrected chi connectivity index (χ2v) is 23.0. The standard InChI is InChI=1S/C53H70BrClN6O9S/c1-51(2,3)68-43(62)25-16-13-21-38-46(63)59-39(22-17-18-28-56-49(66)69-52(4,5)6)48(65)60(10)41(29-35-32-61(50(67)70-53(7,8)9)40-23-14-12-20-36(35)40)47(64)58-31-34-26-27-37(54)44(55)45(34)71-42-24-15-11-19-33(42)30-57-38/h11-12,14-15,19-20,23-24,26-27,32,38-39,41,57H,13,16-18,21-22,25,28-31H2,1-10H3,(H,56,66)(H,58,64)(H,59,63)/t38-,39-,41-/m0/s1. The Labute approximate surface area is 435 Å². The zero-order valence-corrected chi connectivity index (χ0v) is 45.8. The average Bonchev–Trinajstić information content (AvgIpc) is 3.65. The van der Waals surface area contributed by atoms with Crippen molar-refractivity contribution in [2.75, 3.05) is 13.6 Å². The zero-order chi connectivity index (χ0) is 52.3. The second kappa shape index (κ2) is 25.0. The van der Waals surface area contributed by atoms with Gasteiger partial charge in [0.05, 0.1) is 16.6 Å². The highest BCUT2D eigenvalue weighted by atomic mass is 79.9. The third kappa shape index (κ3) is 17.3. The number of amides is 4. The summed E-state index contributed by atoms with van der Waals surface area (Å²) in [4.78, 5) is 86.3. The molecule has 386 valence electrons. The first-order valence-electron chi connectivity index (χ1n) is 24.1. The number of rotatable bonds is 12. The van der Waals surface area contributed by atoms with Crippen LogP contribution in [0.5, 0.6) is 0 Å². The number of para-hydroxylation sites is 1. The number of hydrogen-bond acceptors (Lipinski definition) is 11. The van der Waals surface area contributed by atoms with Gasteiger partial charge < -0.3 is 40.4 Å². The molecule has 0 spiro atoms. The quantitative estimate of drug-likeness (QED) is 0.0601. The molecule has 0 unspecified atom stereocenters. The lowest BCUT2D eigenvalue weighted by molar-refractivity contribution is -0.155. The van der Waals surface area contributed by atoms with Crippen LogP contribution >= 0.6 is 39.3 Å². The van der Waals surface area contributed by atoms with Crippen LogP contribution in [-0.2, 0) is 52.9 Å². The number of likely N-dealkylation sites (N-methyl/N-ethyl adjacent to an activating group) is 1. The summed E-state index contributed by atoms with van der Waals surface area (Å²) >= 11 is 12.0. The number of fused-ring (bicyclic) bond motifs is 3. The Morgan fingerprint density at radius 3 is 2.13 bits per heavy atom. The molecule has 5 rings (SSSR count). The van der Waals surface area contributed by atoms with E-state index in [2.05, 4.69) is 37.2 Å². The van der Waals surface area contributed by atoms with Gasteiger partial charge in [-0.2, -0.15) is 0 Å². The van der Waals surface area contributed by atoms with Crippen molar-refractivity contribution in [2.24, 2.45) is 0 Å². The number of alkyl carbamates (subject to hydrolysis) is 1. The van der Waals surface area contributed by atoms with Crippen molar-refractivity contribution in [3.8, 4) is 0 Å². The highest BCUT2D eigenvalue weighted by Gasteiger charge is 2.35. The molecule has 0 saturated carbocycles. The molecule has 4 N–H and O–H groups in total. The summed E-state index contributed by atoms with van der Waals surface area (Å²) in [7, 11) is 1.54. The SMILES string of the molecule is CN1C(=O)[C@H](CCCCNC(=O)OC(C)(C)C)NC(=O)[C@H](CCCCC(=O)OC(C)(C)C)NCc2ccccc2Sc2c(ccc(Br)c2Cl)CNC(=O)[C@@H]1Cc1cn(C(=O)OC(C)(C)C)c2ccccc12. The largest absolute Gasteiger partial charge is 0.460 e. The highest BCUT2D eigenvalue weighted by Crippen LogP contribution is 2.41. The molecular formula is C53H70BrClN6O9S. The van der Waals surface area contributed by atoms with Gasteiger partial charge in [0.15, 0.2) is 0 Å². The first-order valence-corrected chi connectivity index (χ1v) is 26.1. The van der Waals surface area contributed by atoms with E-state index in [0.717, 1.165) is 16.0 Å². The van der Waals surface area contributed by atoms with E-state index in [1.54, 1.807) is 59.9 Å². The maximum absolute atomic E-state index is 15.1. The molecule has 1 aromatic heterocycles. The van der Waals surface area contributed by atoms with E-state index < -0.39 is 64.8 Å². The van der Waals surface area contributed by atoms with E-state index in [1.807, 2.05) is 69.3 Å². The molecule has 2 heterocycles. The van der Waals surface area contributed by atoms with Gasteiger partial charge in [0.1, 0.15) is 28.9 Å². The monoisotopic (exact) mass is 1080 g/mol. The molecule has 0 bridgehead atoms. The van der Waals surface area contributed by atoms with E-state index in [-0.39, 0.29) is 44.9 Å². The fraction of sp³-hybridized carbons (Fsp3) is 0.509. The number of nitrogens with zero attached hydrogens (tertiary/aromatic N) is 2. The first-order chi connectivity index (χ1) is 33.3. The van der Waals surface area contributed by atoms with Crippen molar-refractivity contribution in [1.82, 2.24) is 30.7 Å². The van der Waals surface area contributed by atoms with Gasteiger partial charge in [-0.3, -0.25) is 23.7 Å². The molecular weight excluding hydrogens is 1010 g/mol. The summed E-state index contributed by atoms with van der Waals surface area (Å²) < 4.78 is 18.8. The van der Waals surface area contributed by atoms with Crippen molar-refractivity contribution in [1.29, 1.82) is 0 Å². The molecule has 0 aliphatic carbocycles. The van der Waals surface area contributed by atoms with Crippen molar-refractivity contribution >= 4 is 86.1 Å². The Kier molecular flexibility index (Phi) is 20.0. The lowest BCUT2D eigenvalue weighted by atomic mass is 10.0. The number of nitrogens with one attached hydrogen (secondary N) is 4. The van der Waals surface area contributed by atoms with Crippen LogP contribution < -0.4 is 21.3 Å². The van der Waals surface area contributed by atoms with Gasteiger partial charge in [0.2, 0.25) is 17.7 Å². The predicted octanol–water partition coefficient (Wildman–Crippen LogP) is 10.2. The number of esters is 1. The molecule has 0 fully saturated rings. The fourth-order valence-corrected chi connectivity index (χ4v) is 9.82. The summed E-state index contributed by atoms with van der Waals surface area (Å²) in [6.07, 6.45) is 2.95. The number of aromatic nitrogens is 1. The molecule has 4 aromatic rings. The Balaban J connectivity index is 1.56. The summed E-state index contributed by atoms with van der Waals surface area (Å²) in [5.74, 6) is -1.76. The van der Waals surface area contributed by atoms with E-state index in [4.69, 9.17) is 25.8 Å². The van der Waals surface area contributed by atoms with Crippen LogP contribution in [-0.4, -0.2) is 93.9 Å². The summed E-state index contributed by atoms with van der Waals surface area (Å²) in [5.41, 5.74) is 0.692. The van der Waals surface area contributed by atoms with Crippen molar-refractivity contribution < 1.29 is 43.0 Å². The number of carbonyl (C=O) groups is 6. The average molecular weight is 1080 g/mol. The maximum Gasteiger partial charge on any atom is 0.419 e. The van der Waals surface area contributed by atoms with Crippen LogP contribution in [0.4, 0.5) is 9.59 Å². The van der Waals surface area contributed by atoms with Crippen LogP contribution in [0.1, 0.15) is 124 Å². The zero-order valence-electron chi connectivity index (χ0n) is 42.6. The molecule has 3 aromatic carbocycles. The molecule has 71 heavy (non-hydrogen) atoms. The smallest absolute Gasteiger partial charge is 0.419 e. The van der Waals surface area contributed by atoms with E-state index in [0.29, 0.717) is 63.0 Å². The molecule has 1 aliphatic heterocycles. The third-order valence-corrected chi connectivity index (χ3v) is 14.0. The third-order valence-electron chi connectivity index (χ3n) is 11.3. The minimum absolute atomic E-state index is 0.0111. The number of benzene rings is 3. The number of unbranched alkanes of at least 4 members (excludes halogenated alkanes) is 2. The van der Waals surface area contributed by atoms with E-state index in [9.17, 15) is 24.0 Å². The van der Waals surface area contributed by atoms with Gasteiger partial charge in [-0.25, -0.2) is 9.59 Å². The molecule has 0 radical (unpaired) electrons. The second-order valence-electron chi connectivity index (χ2n) is 20.7. The molecule has 3 atom stereocenters. The van der Waals surface area contributed by atoms with Gasteiger partial charge >= 0.3 is 18.2 Å². The highest BCUT2D eigenvalue weighted by molar-refractivity contribution is 9.10. The Morgan fingerprint density at radius 1 is 0.775 bits per heavy atom. The lowest BCUT2D eigenvalue weighted by Gasteiger charge is -2.32.